The van der Waals surface area contributed by atoms with E-state index in [0.29, 0.717) is 27.5 Å². The molecule has 7 nitrogen and oxygen atoms in total. The third-order valence-corrected chi connectivity index (χ3v) is 5.25. The van der Waals surface area contributed by atoms with Crippen molar-refractivity contribution in [3.05, 3.63) is 84.4 Å². The second-order valence-corrected chi connectivity index (χ2v) is 7.73. The van der Waals surface area contributed by atoms with Gasteiger partial charge in [0.25, 0.3) is 11.1 Å². The van der Waals surface area contributed by atoms with Crippen LogP contribution in [0.4, 0.5) is 26.7 Å². The third-order valence-electron chi connectivity index (χ3n) is 4.13. The highest BCUT2D eigenvalue weighted by molar-refractivity contribution is 8.13. The maximum absolute atomic E-state index is 12.6. The van der Waals surface area contributed by atoms with Crippen molar-refractivity contribution in [2.75, 3.05) is 30.0 Å². The van der Waals surface area contributed by atoms with E-state index in [1.165, 1.54) is 4.90 Å². The van der Waals surface area contributed by atoms with Crippen LogP contribution in [0.3, 0.4) is 0 Å². The standard InChI is InChI=1S/C23H22N4O3S/c1-27(2)23(30)31-20-11-7-6-10-19(20)26-21(28)16-12-14-18(15-13-16)25-22(29)24-17-8-4-3-5-9-17/h3-15H,1-2H3,(H,26,28)(H2,24,25,29). The van der Waals surface area contributed by atoms with Crippen LogP contribution in [0.2, 0.25) is 0 Å². The van der Waals surface area contributed by atoms with E-state index in [-0.39, 0.29) is 17.2 Å². The van der Waals surface area contributed by atoms with Crippen LogP contribution < -0.4 is 16.0 Å². The van der Waals surface area contributed by atoms with E-state index in [2.05, 4.69) is 16.0 Å². The Morgan fingerprint density at radius 1 is 0.710 bits per heavy atom. The van der Waals surface area contributed by atoms with Gasteiger partial charge in [-0.25, -0.2) is 4.79 Å². The fourth-order valence-corrected chi connectivity index (χ4v) is 3.30. The third kappa shape index (κ3) is 6.35. The van der Waals surface area contributed by atoms with E-state index in [4.69, 9.17) is 0 Å². The molecule has 0 radical (unpaired) electrons. The van der Waals surface area contributed by atoms with Gasteiger partial charge >= 0.3 is 6.03 Å². The van der Waals surface area contributed by atoms with Gasteiger partial charge in [-0.1, -0.05) is 30.3 Å². The van der Waals surface area contributed by atoms with Crippen LogP contribution in [0.1, 0.15) is 10.4 Å². The van der Waals surface area contributed by atoms with E-state index in [1.807, 2.05) is 24.3 Å². The van der Waals surface area contributed by atoms with Crippen LogP contribution in [-0.4, -0.2) is 36.2 Å². The maximum Gasteiger partial charge on any atom is 0.323 e. The minimum atomic E-state index is -0.375. The summed E-state index contributed by atoms with van der Waals surface area (Å²) in [5.41, 5.74) is 2.21. The number of nitrogens with zero attached hydrogens (tertiary/aromatic N) is 1. The molecule has 3 aromatic rings. The number of thioether (sulfide) groups is 1. The Balaban J connectivity index is 1.62. The Morgan fingerprint density at radius 2 is 1.29 bits per heavy atom. The summed E-state index contributed by atoms with van der Waals surface area (Å²) in [7, 11) is 3.35. The zero-order valence-electron chi connectivity index (χ0n) is 17.1. The van der Waals surface area contributed by atoms with Crippen LogP contribution in [0.15, 0.2) is 83.8 Å². The topological polar surface area (TPSA) is 90.5 Å². The molecule has 3 rings (SSSR count). The van der Waals surface area contributed by atoms with Gasteiger partial charge < -0.3 is 20.9 Å². The van der Waals surface area contributed by atoms with Gasteiger partial charge in [0.2, 0.25) is 0 Å². The lowest BCUT2D eigenvalue weighted by Gasteiger charge is -2.13. The summed E-state index contributed by atoms with van der Waals surface area (Å²) in [5, 5.41) is 8.15. The van der Waals surface area contributed by atoms with Crippen molar-refractivity contribution in [2.45, 2.75) is 4.90 Å². The molecule has 8 heteroatoms. The number of nitrogens with one attached hydrogen (secondary N) is 3. The molecule has 0 heterocycles. The average Bonchev–Trinajstić information content (AvgIpc) is 2.76. The molecular formula is C23H22N4O3S. The Hall–Kier alpha value is -3.78. The van der Waals surface area contributed by atoms with Gasteiger partial charge in [0.15, 0.2) is 0 Å². The number of para-hydroxylation sites is 2. The van der Waals surface area contributed by atoms with E-state index >= 15 is 0 Å². The van der Waals surface area contributed by atoms with Gasteiger partial charge in [0.1, 0.15) is 0 Å². The molecule has 0 fully saturated rings. The number of benzene rings is 3. The Labute approximate surface area is 184 Å². The van der Waals surface area contributed by atoms with Crippen LogP contribution in [0.25, 0.3) is 0 Å². The number of carbonyl (C=O) groups is 3. The summed E-state index contributed by atoms with van der Waals surface area (Å²) in [6.07, 6.45) is 0. The second kappa shape index (κ2) is 10.3. The molecule has 4 amide bonds. The molecule has 31 heavy (non-hydrogen) atoms. The highest BCUT2D eigenvalue weighted by atomic mass is 32.2. The monoisotopic (exact) mass is 434 g/mol. The van der Waals surface area contributed by atoms with Crippen molar-refractivity contribution in [3.8, 4) is 0 Å². The Bertz CT molecular complexity index is 1070. The lowest BCUT2D eigenvalue weighted by molar-refractivity contribution is 0.102. The van der Waals surface area contributed by atoms with E-state index < -0.39 is 0 Å². The fourth-order valence-electron chi connectivity index (χ4n) is 2.56. The SMILES string of the molecule is CN(C)C(=O)Sc1ccccc1NC(=O)c1ccc(NC(=O)Nc2ccccc2)cc1. The van der Waals surface area contributed by atoms with Crippen LogP contribution in [-0.2, 0) is 0 Å². The molecule has 0 unspecified atom stereocenters. The summed E-state index contributed by atoms with van der Waals surface area (Å²) in [6, 6.07) is 22.4. The minimum Gasteiger partial charge on any atom is -0.339 e. The second-order valence-electron chi connectivity index (χ2n) is 6.74. The summed E-state index contributed by atoms with van der Waals surface area (Å²) in [6.45, 7) is 0. The molecule has 0 spiro atoms. The summed E-state index contributed by atoms with van der Waals surface area (Å²) < 4.78 is 0. The first kappa shape index (κ1) is 21.9. The van der Waals surface area contributed by atoms with Crippen molar-refractivity contribution >= 4 is 46.0 Å². The zero-order valence-corrected chi connectivity index (χ0v) is 17.9. The quantitative estimate of drug-likeness (QED) is 0.472. The summed E-state index contributed by atoms with van der Waals surface area (Å²) in [4.78, 5) is 38.9. The molecule has 0 saturated heterocycles. The maximum atomic E-state index is 12.6. The number of urea groups is 1. The number of carbonyl (C=O) groups excluding carboxylic acids is 3. The highest BCUT2D eigenvalue weighted by Gasteiger charge is 2.13. The van der Waals surface area contributed by atoms with Crippen molar-refractivity contribution in [2.24, 2.45) is 0 Å². The molecule has 0 aromatic heterocycles. The molecule has 3 aromatic carbocycles. The molecule has 0 bridgehead atoms. The molecule has 0 aliphatic rings. The molecular weight excluding hydrogens is 412 g/mol. The fraction of sp³-hybridized carbons (Fsp3) is 0.0870. The smallest absolute Gasteiger partial charge is 0.323 e. The number of amides is 4. The number of anilines is 3. The lowest BCUT2D eigenvalue weighted by atomic mass is 10.2. The van der Waals surface area contributed by atoms with E-state index in [0.717, 1.165) is 11.8 Å². The number of hydrogen-bond donors (Lipinski definition) is 3. The largest absolute Gasteiger partial charge is 0.339 e. The van der Waals surface area contributed by atoms with E-state index in [1.54, 1.807) is 68.7 Å². The highest BCUT2D eigenvalue weighted by Crippen LogP contribution is 2.29. The molecule has 0 saturated carbocycles. The van der Waals surface area contributed by atoms with Crippen molar-refractivity contribution < 1.29 is 14.4 Å². The Kier molecular flexibility index (Phi) is 7.29. The van der Waals surface area contributed by atoms with Crippen LogP contribution >= 0.6 is 11.8 Å². The first-order valence-corrected chi connectivity index (χ1v) is 10.3. The predicted molar refractivity (Wildman–Crippen MR) is 125 cm³/mol. The van der Waals surface area contributed by atoms with Gasteiger partial charge in [0, 0.05) is 35.9 Å². The van der Waals surface area contributed by atoms with Crippen molar-refractivity contribution in [1.82, 2.24) is 4.90 Å². The first-order chi connectivity index (χ1) is 14.9. The van der Waals surface area contributed by atoms with Gasteiger partial charge in [-0.3, -0.25) is 9.59 Å². The van der Waals surface area contributed by atoms with Gasteiger partial charge in [-0.2, -0.15) is 0 Å². The van der Waals surface area contributed by atoms with Gasteiger partial charge in [0.05, 0.1) is 5.69 Å². The number of hydrogen-bond acceptors (Lipinski definition) is 4. The van der Waals surface area contributed by atoms with Crippen molar-refractivity contribution in [3.63, 3.8) is 0 Å². The molecule has 158 valence electrons. The molecule has 3 N–H and O–H groups in total. The zero-order chi connectivity index (χ0) is 22.2. The van der Waals surface area contributed by atoms with E-state index in [9.17, 15) is 14.4 Å². The number of rotatable bonds is 5. The predicted octanol–water partition coefficient (Wildman–Crippen LogP) is 5.36. The molecule has 0 aliphatic heterocycles. The van der Waals surface area contributed by atoms with Crippen LogP contribution in [0.5, 0.6) is 0 Å². The Morgan fingerprint density at radius 3 is 1.94 bits per heavy atom. The van der Waals surface area contributed by atoms with Crippen LogP contribution in [0, 0.1) is 0 Å². The van der Waals surface area contributed by atoms with Crippen molar-refractivity contribution in [1.29, 1.82) is 0 Å². The molecule has 0 atom stereocenters. The minimum absolute atomic E-state index is 0.133. The lowest BCUT2D eigenvalue weighted by Crippen LogP contribution is -2.19. The summed E-state index contributed by atoms with van der Waals surface area (Å²) in [5.74, 6) is -0.314. The average molecular weight is 435 g/mol. The van der Waals surface area contributed by atoms with Gasteiger partial charge in [-0.15, -0.1) is 0 Å². The van der Waals surface area contributed by atoms with Gasteiger partial charge in [-0.05, 0) is 60.3 Å². The summed E-state index contributed by atoms with van der Waals surface area (Å²) >= 11 is 1.04. The normalized spacial score (nSPS) is 10.1. The molecule has 0 aliphatic carbocycles. The first-order valence-electron chi connectivity index (χ1n) is 9.45.